The number of phenols is 1. The topological polar surface area (TPSA) is 185 Å². The number of carbonyl (C=O) groups is 4. The summed E-state index contributed by atoms with van der Waals surface area (Å²) in [5.41, 5.74) is 1.36. The summed E-state index contributed by atoms with van der Waals surface area (Å²) in [5.74, 6) is -4.92. The molecule has 45 heavy (non-hydrogen) atoms. The summed E-state index contributed by atoms with van der Waals surface area (Å²) < 4.78 is 0. The Hall–Kier alpha value is -5.26. The third-order valence-electron chi connectivity index (χ3n) is 7.14. The highest BCUT2D eigenvalue weighted by Crippen LogP contribution is 2.31. The zero-order chi connectivity index (χ0) is 32.9. The number of carboxylic acids is 3. The Morgan fingerprint density at radius 2 is 1.49 bits per heavy atom. The average molecular weight is 633 g/mol. The first kappa shape index (κ1) is 32.6. The van der Waals surface area contributed by atoms with E-state index in [9.17, 15) is 24.3 Å². The molecule has 0 saturated heterocycles. The van der Waals surface area contributed by atoms with Crippen LogP contribution >= 0.6 is 11.6 Å². The third kappa shape index (κ3) is 7.83. The number of hydrogen-bond acceptors (Lipinski definition) is 7. The van der Waals surface area contributed by atoms with Crippen molar-refractivity contribution in [1.29, 1.82) is 0 Å². The number of likely N-dealkylation sites (N-methyl/N-ethyl adjacent to an activating group) is 1. The molecule has 4 aromatic carbocycles. The molecule has 0 aliphatic carbocycles. The quantitative estimate of drug-likeness (QED) is 0.188. The highest BCUT2D eigenvalue weighted by molar-refractivity contribution is 6.32. The number of halogens is 1. The number of benzodiazepines with no additional fused rings is 1. The lowest BCUT2D eigenvalue weighted by Gasteiger charge is -2.20. The van der Waals surface area contributed by atoms with Crippen molar-refractivity contribution in [3.8, 4) is 5.75 Å². The summed E-state index contributed by atoms with van der Waals surface area (Å²) in [7, 11) is 1.78. The van der Waals surface area contributed by atoms with E-state index in [1.165, 1.54) is 0 Å². The number of aliphatic carboxylic acids is 3. The Kier molecular flexibility index (Phi) is 9.85. The van der Waals surface area contributed by atoms with E-state index >= 15 is 0 Å². The molecule has 1 amide bonds. The number of aliphatic hydroxyl groups is 1. The molecule has 12 heteroatoms. The maximum atomic E-state index is 13.4. The Labute approximate surface area is 262 Å². The van der Waals surface area contributed by atoms with Crippen molar-refractivity contribution in [2.45, 2.75) is 30.9 Å². The molecule has 1 atom stereocenters. The maximum Gasteiger partial charge on any atom is 0.336 e. The molecule has 0 saturated carbocycles. The van der Waals surface area contributed by atoms with Gasteiger partial charge in [0.05, 0.1) is 24.2 Å². The van der Waals surface area contributed by atoms with E-state index in [2.05, 4.69) is 30.3 Å². The van der Waals surface area contributed by atoms with Crippen LogP contribution < -0.4 is 4.90 Å². The minimum absolute atomic E-state index is 0.0736. The zero-order valence-corrected chi connectivity index (χ0v) is 24.7. The molecule has 5 N–H and O–H groups in total. The van der Waals surface area contributed by atoms with Crippen molar-refractivity contribution in [2.75, 3.05) is 11.9 Å². The fourth-order valence-corrected chi connectivity index (χ4v) is 5.07. The van der Waals surface area contributed by atoms with Gasteiger partial charge in [0.2, 0.25) is 0 Å². The summed E-state index contributed by atoms with van der Waals surface area (Å²) in [6.07, 6.45) is -1.80. The fraction of sp³-hybridized carbons (Fsp3) is 0.182. The molecule has 1 aliphatic rings. The van der Waals surface area contributed by atoms with E-state index < -0.39 is 42.4 Å². The van der Waals surface area contributed by atoms with Crippen LogP contribution in [0.2, 0.25) is 5.02 Å². The minimum atomic E-state index is -2.74. The van der Waals surface area contributed by atoms with Crippen LogP contribution in [0.3, 0.4) is 0 Å². The SMILES string of the molecule is CN1C(=O)C(Cc2ccc3ccccc3c2)N=C(c2ccc(O)cc2)c2cc(Cl)ccc21.O=C(O)CC(O)(CC(=O)O)C(=O)O. The van der Waals surface area contributed by atoms with Gasteiger partial charge in [-0.3, -0.25) is 19.4 Å². The first-order valence-corrected chi connectivity index (χ1v) is 14.0. The van der Waals surface area contributed by atoms with Gasteiger partial charge in [0.1, 0.15) is 11.8 Å². The summed E-state index contributed by atoms with van der Waals surface area (Å²) in [5, 5.41) is 46.4. The van der Waals surface area contributed by atoms with E-state index in [1.54, 1.807) is 30.1 Å². The molecule has 0 radical (unpaired) electrons. The largest absolute Gasteiger partial charge is 0.508 e. The highest BCUT2D eigenvalue weighted by atomic mass is 35.5. The number of aromatic hydroxyl groups is 1. The molecule has 5 rings (SSSR count). The monoisotopic (exact) mass is 632 g/mol. The molecular formula is C33H29ClN2O9. The van der Waals surface area contributed by atoms with Gasteiger partial charge in [0.25, 0.3) is 5.91 Å². The number of phenolic OH excluding ortho intramolecular Hbond substituents is 1. The number of rotatable bonds is 8. The van der Waals surface area contributed by atoms with Crippen molar-refractivity contribution in [3.63, 3.8) is 0 Å². The molecule has 1 aliphatic heterocycles. The van der Waals surface area contributed by atoms with Gasteiger partial charge < -0.3 is 30.4 Å². The van der Waals surface area contributed by atoms with Gasteiger partial charge in [-0.1, -0.05) is 54.1 Å². The van der Waals surface area contributed by atoms with E-state index in [-0.39, 0.29) is 11.7 Å². The molecule has 1 heterocycles. The van der Waals surface area contributed by atoms with Crippen molar-refractivity contribution in [2.24, 2.45) is 4.99 Å². The van der Waals surface area contributed by atoms with Gasteiger partial charge in [-0.2, -0.15) is 0 Å². The lowest BCUT2D eigenvalue weighted by molar-refractivity contribution is -0.170. The normalized spacial score (nSPS) is 14.5. The molecule has 4 aromatic rings. The number of aliphatic imine (C=N–C) groups is 1. The number of fused-ring (bicyclic) bond motifs is 2. The van der Waals surface area contributed by atoms with Gasteiger partial charge in [0, 0.05) is 29.6 Å². The number of anilines is 1. The molecule has 0 spiro atoms. The first-order valence-electron chi connectivity index (χ1n) is 13.6. The molecule has 11 nitrogen and oxygen atoms in total. The predicted molar refractivity (Wildman–Crippen MR) is 167 cm³/mol. The average Bonchev–Trinajstić information content (AvgIpc) is 3.07. The Morgan fingerprint density at radius 3 is 2.09 bits per heavy atom. The third-order valence-corrected chi connectivity index (χ3v) is 7.38. The lowest BCUT2D eigenvalue weighted by atomic mass is 9.96. The predicted octanol–water partition coefficient (Wildman–Crippen LogP) is 4.38. The number of carbonyl (C=O) groups excluding carboxylic acids is 1. The number of hydrogen-bond donors (Lipinski definition) is 5. The summed E-state index contributed by atoms with van der Waals surface area (Å²) >= 11 is 6.32. The second kappa shape index (κ2) is 13.6. The Balaban J connectivity index is 0.000000302. The maximum absolute atomic E-state index is 13.4. The van der Waals surface area contributed by atoms with Gasteiger partial charge >= 0.3 is 17.9 Å². The number of amides is 1. The first-order chi connectivity index (χ1) is 21.3. The van der Waals surface area contributed by atoms with Crippen molar-refractivity contribution < 1.29 is 44.7 Å². The zero-order valence-electron chi connectivity index (χ0n) is 23.9. The van der Waals surface area contributed by atoms with Crippen LogP contribution in [0.15, 0.2) is 89.9 Å². The molecular weight excluding hydrogens is 604 g/mol. The van der Waals surface area contributed by atoms with Crippen molar-refractivity contribution in [3.05, 3.63) is 107 Å². The summed E-state index contributed by atoms with van der Waals surface area (Å²) in [6, 6.07) is 26.2. The number of carboxylic acid groups (broad SMARTS) is 3. The second-order valence-electron chi connectivity index (χ2n) is 10.5. The minimum Gasteiger partial charge on any atom is -0.508 e. The van der Waals surface area contributed by atoms with Crippen LogP contribution in [-0.2, 0) is 25.6 Å². The molecule has 0 fully saturated rings. The van der Waals surface area contributed by atoms with Crippen LogP contribution in [0.4, 0.5) is 5.69 Å². The standard InChI is InChI=1S/C27H21ClN2O2.C6H8O7/c1-30-25-13-10-21(28)16-23(25)26(19-8-11-22(31)12-9-19)29-24(27(30)32)15-17-6-7-18-4-2-3-5-20(18)14-17;7-3(8)1-6(13,5(11)12)2-4(9)10/h2-14,16,24,31H,15H2,1H3;13H,1-2H2,(H,7,8)(H,9,10)(H,11,12). The van der Waals surface area contributed by atoms with Crippen LogP contribution in [0, 0.1) is 0 Å². The summed E-state index contributed by atoms with van der Waals surface area (Å²) in [6.45, 7) is 0. The van der Waals surface area contributed by atoms with Gasteiger partial charge in [-0.25, -0.2) is 4.79 Å². The summed E-state index contributed by atoms with van der Waals surface area (Å²) in [4.78, 5) is 50.5. The van der Waals surface area contributed by atoms with Crippen LogP contribution in [-0.4, -0.2) is 73.7 Å². The lowest BCUT2D eigenvalue weighted by Crippen LogP contribution is -2.42. The van der Waals surface area contributed by atoms with Crippen LogP contribution in [0.5, 0.6) is 5.75 Å². The number of nitrogens with zero attached hydrogens (tertiary/aromatic N) is 2. The van der Waals surface area contributed by atoms with Crippen LogP contribution in [0.25, 0.3) is 10.8 Å². The van der Waals surface area contributed by atoms with Gasteiger partial charge in [0.15, 0.2) is 5.60 Å². The molecule has 1 unspecified atom stereocenters. The number of benzene rings is 4. The van der Waals surface area contributed by atoms with Crippen LogP contribution in [0.1, 0.15) is 29.5 Å². The fourth-order valence-electron chi connectivity index (χ4n) is 4.90. The van der Waals surface area contributed by atoms with E-state index in [1.807, 2.05) is 36.4 Å². The molecule has 0 aromatic heterocycles. The second-order valence-corrected chi connectivity index (χ2v) is 10.9. The van der Waals surface area contributed by atoms with E-state index in [4.69, 9.17) is 37.0 Å². The van der Waals surface area contributed by atoms with Gasteiger partial charge in [-0.05, 0) is 58.8 Å². The Morgan fingerprint density at radius 1 is 0.867 bits per heavy atom. The van der Waals surface area contributed by atoms with Crippen molar-refractivity contribution in [1.82, 2.24) is 0 Å². The van der Waals surface area contributed by atoms with E-state index in [0.29, 0.717) is 17.2 Å². The van der Waals surface area contributed by atoms with E-state index in [0.717, 1.165) is 33.2 Å². The molecule has 0 bridgehead atoms. The highest BCUT2D eigenvalue weighted by Gasteiger charge is 2.40. The smallest absolute Gasteiger partial charge is 0.336 e. The molecule has 232 valence electrons. The Bertz CT molecular complexity index is 1790. The van der Waals surface area contributed by atoms with Gasteiger partial charge in [-0.15, -0.1) is 0 Å². The van der Waals surface area contributed by atoms with Crippen molar-refractivity contribution >= 4 is 57.6 Å².